The van der Waals surface area contributed by atoms with Crippen LogP contribution in [-0.2, 0) is 18.9 Å². The highest BCUT2D eigenvalue weighted by Crippen LogP contribution is 2.10. The second-order valence-electron chi connectivity index (χ2n) is 5.29. The van der Waals surface area contributed by atoms with E-state index in [2.05, 4.69) is 15.4 Å². The molecule has 0 radical (unpaired) electrons. The zero-order valence-electron chi connectivity index (χ0n) is 13.3. The van der Waals surface area contributed by atoms with Gasteiger partial charge in [0.15, 0.2) is 0 Å². The predicted octanol–water partition coefficient (Wildman–Crippen LogP) is 3.03. The van der Waals surface area contributed by atoms with E-state index in [1.165, 1.54) is 51.9 Å². The number of hydroxylamine groups is 1. The zero-order valence-corrected chi connectivity index (χ0v) is 14.2. The quantitative estimate of drug-likeness (QED) is 0.273. The molecule has 1 atom stereocenters. The molecule has 0 fully saturated rings. The van der Waals surface area contributed by atoms with E-state index in [1.54, 1.807) is 0 Å². The van der Waals surface area contributed by atoms with Gasteiger partial charge in [-0.25, -0.2) is 4.18 Å². The molecular formula is C14H31NO5S. The third-order valence-electron chi connectivity index (χ3n) is 3.05. The molecule has 0 aromatic carbocycles. The van der Waals surface area contributed by atoms with Gasteiger partial charge in [0.25, 0.3) is 0 Å². The van der Waals surface area contributed by atoms with Gasteiger partial charge in [0.2, 0.25) is 0 Å². The summed E-state index contributed by atoms with van der Waals surface area (Å²) in [6.07, 6.45) is 10.7. The normalized spacial score (nSPS) is 13.5. The first-order valence-corrected chi connectivity index (χ1v) is 9.32. The Hall–Kier alpha value is -0.210. The summed E-state index contributed by atoms with van der Waals surface area (Å²) in [5.74, 6) is 0. The summed E-state index contributed by atoms with van der Waals surface area (Å²) in [6, 6.07) is 0. The Labute approximate surface area is 129 Å². The molecule has 0 aromatic heterocycles. The fourth-order valence-corrected chi connectivity index (χ4v) is 2.53. The van der Waals surface area contributed by atoms with Crippen molar-refractivity contribution >= 4 is 10.4 Å². The van der Waals surface area contributed by atoms with Crippen LogP contribution < -0.4 is 5.48 Å². The van der Waals surface area contributed by atoms with Crippen molar-refractivity contribution in [3.63, 3.8) is 0 Å². The van der Waals surface area contributed by atoms with Gasteiger partial charge in [-0.15, -0.1) is 0 Å². The molecule has 6 nitrogen and oxygen atoms in total. The number of aliphatic hydroxyl groups is 1. The smallest absolute Gasteiger partial charge is 0.377 e. The van der Waals surface area contributed by atoms with Crippen molar-refractivity contribution in [3.05, 3.63) is 0 Å². The van der Waals surface area contributed by atoms with Crippen LogP contribution in [0.2, 0.25) is 0 Å². The summed E-state index contributed by atoms with van der Waals surface area (Å²) >= 11 is 0. The monoisotopic (exact) mass is 325 g/mol. The lowest BCUT2D eigenvalue weighted by Crippen LogP contribution is -2.29. The average molecular weight is 325 g/mol. The standard InChI is InChI=1S/C14H31NO5S/c1-3-4-5-6-7-8-9-10-11-12-13-19-21(17,18)20-15-14(2)16/h14-16H,3-13H2,1-2H3. The van der Waals surface area contributed by atoms with Crippen LogP contribution in [0.25, 0.3) is 0 Å². The summed E-state index contributed by atoms with van der Waals surface area (Å²) in [7, 11) is -4.06. The Balaban J connectivity index is 3.32. The molecule has 0 aliphatic carbocycles. The average Bonchev–Trinajstić information content (AvgIpc) is 2.43. The minimum Gasteiger partial charge on any atom is -0.377 e. The summed E-state index contributed by atoms with van der Waals surface area (Å²) in [6.45, 7) is 3.67. The largest absolute Gasteiger partial charge is 0.416 e. The van der Waals surface area contributed by atoms with Crippen molar-refractivity contribution in [1.82, 2.24) is 5.48 Å². The number of rotatable bonds is 15. The Bertz CT molecular complexity index is 319. The maximum Gasteiger partial charge on any atom is 0.416 e. The maximum absolute atomic E-state index is 11.2. The van der Waals surface area contributed by atoms with Crippen molar-refractivity contribution in [1.29, 1.82) is 0 Å². The molecule has 0 amide bonds. The molecule has 0 bridgehead atoms. The highest BCUT2D eigenvalue weighted by molar-refractivity contribution is 7.81. The van der Waals surface area contributed by atoms with Crippen molar-refractivity contribution in [3.8, 4) is 0 Å². The summed E-state index contributed by atoms with van der Waals surface area (Å²) in [5.41, 5.74) is 1.92. The van der Waals surface area contributed by atoms with E-state index in [9.17, 15) is 8.42 Å². The van der Waals surface area contributed by atoms with E-state index in [4.69, 9.17) is 5.11 Å². The maximum atomic E-state index is 11.2. The van der Waals surface area contributed by atoms with Crippen LogP contribution >= 0.6 is 0 Å². The van der Waals surface area contributed by atoms with Gasteiger partial charge >= 0.3 is 10.4 Å². The lowest BCUT2D eigenvalue weighted by Gasteiger charge is -2.08. The molecule has 21 heavy (non-hydrogen) atoms. The Morgan fingerprint density at radius 1 is 0.952 bits per heavy atom. The number of unbranched alkanes of at least 4 members (excludes halogenated alkanes) is 9. The molecule has 2 N–H and O–H groups in total. The molecule has 128 valence electrons. The first-order chi connectivity index (χ1) is 9.98. The van der Waals surface area contributed by atoms with Gasteiger partial charge < -0.3 is 5.11 Å². The van der Waals surface area contributed by atoms with Gasteiger partial charge in [0, 0.05) is 0 Å². The number of aliphatic hydroxyl groups excluding tert-OH is 1. The van der Waals surface area contributed by atoms with Crippen molar-refractivity contribution in [2.24, 2.45) is 0 Å². The number of nitrogens with one attached hydrogen (secondary N) is 1. The fraction of sp³-hybridized carbons (Fsp3) is 1.00. The molecule has 1 unspecified atom stereocenters. The molecule has 0 aromatic rings. The van der Waals surface area contributed by atoms with Crippen LogP contribution in [0.3, 0.4) is 0 Å². The predicted molar refractivity (Wildman–Crippen MR) is 82.6 cm³/mol. The summed E-state index contributed by atoms with van der Waals surface area (Å²) < 4.78 is 31.2. The first kappa shape index (κ1) is 20.8. The van der Waals surface area contributed by atoms with Crippen LogP contribution in [0.15, 0.2) is 0 Å². The van der Waals surface area contributed by atoms with Gasteiger partial charge in [0.1, 0.15) is 6.23 Å². The highest BCUT2D eigenvalue weighted by Gasteiger charge is 2.12. The molecule has 0 heterocycles. The van der Waals surface area contributed by atoms with Crippen LogP contribution in [0.1, 0.15) is 78.1 Å². The van der Waals surface area contributed by atoms with Gasteiger partial charge in [-0.3, -0.25) is 0 Å². The van der Waals surface area contributed by atoms with E-state index in [1.807, 2.05) is 5.48 Å². The van der Waals surface area contributed by atoms with E-state index < -0.39 is 16.6 Å². The van der Waals surface area contributed by atoms with Crippen LogP contribution in [-0.4, -0.2) is 26.4 Å². The summed E-state index contributed by atoms with van der Waals surface area (Å²) in [5, 5.41) is 8.82. The Morgan fingerprint density at radius 2 is 1.43 bits per heavy atom. The topological polar surface area (TPSA) is 84.9 Å². The molecule has 0 rings (SSSR count). The molecule has 0 spiro atoms. The van der Waals surface area contributed by atoms with Crippen LogP contribution in [0.4, 0.5) is 0 Å². The molecule has 7 heteroatoms. The van der Waals surface area contributed by atoms with Gasteiger partial charge in [-0.2, -0.15) is 18.2 Å². The minimum atomic E-state index is -4.06. The summed E-state index contributed by atoms with van der Waals surface area (Å²) in [4.78, 5) is 0. The highest BCUT2D eigenvalue weighted by atomic mass is 32.3. The molecular weight excluding hydrogens is 294 g/mol. The molecule has 0 aliphatic rings. The zero-order chi connectivity index (χ0) is 16.0. The molecule has 0 saturated heterocycles. The Kier molecular flexibility index (Phi) is 13.3. The first-order valence-electron chi connectivity index (χ1n) is 7.99. The second kappa shape index (κ2) is 13.5. The van der Waals surface area contributed by atoms with Crippen molar-refractivity contribution < 1.29 is 22.0 Å². The second-order valence-corrected chi connectivity index (χ2v) is 6.51. The third-order valence-corrected chi connectivity index (χ3v) is 3.80. The fourth-order valence-electron chi connectivity index (χ4n) is 1.90. The lowest BCUT2D eigenvalue weighted by atomic mass is 10.1. The van der Waals surface area contributed by atoms with Crippen LogP contribution in [0, 0.1) is 0 Å². The third kappa shape index (κ3) is 16.0. The minimum absolute atomic E-state index is 0.111. The molecule has 0 saturated carbocycles. The van der Waals surface area contributed by atoms with Gasteiger partial charge in [-0.05, 0) is 13.3 Å². The van der Waals surface area contributed by atoms with Crippen LogP contribution in [0.5, 0.6) is 0 Å². The number of hydrogen-bond acceptors (Lipinski definition) is 6. The Morgan fingerprint density at radius 3 is 1.90 bits per heavy atom. The van der Waals surface area contributed by atoms with E-state index in [0.29, 0.717) is 6.42 Å². The van der Waals surface area contributed by atoms with Crippen molar-refractivity contribution in [2.75, 3.05) is 6.61 Å². The van der Waals surface area contributed by atoms with E-state index in [-0.39, 0.29) is 6.61 Å². The number of hydrogen-bond donors (Lipinski definition) is 2. The van der Waals surface area contributed by atoms with Crippen molar-refractivity contribution in [2.45, 2.75) is 84.3 Å². The van der Waals surface area contributed by atoms with E-state index in [0.717, 1.165) is 12.8 Å². The lowest BCUT2D eigenvalue weighted by molar-refractivity contribution is 0.0243. The van der Waals surface area contributed by atoms with E-state index >= 15 is 0 Å². The van der Waals surface area contributed by atoms with Gasteiger partial charge in [-0.1, -0.05) is 64.7 Å². The SMILES string of the molecule is CCCCCCCCCCCCOS(=O)(=O)ONC(C)O. The molecule has 0 aliphatic heterocycles. The van der Waals surface area contributed by atoms with Gasteiger partial charge in [0.05, 0.1) is 6.61 Å².